The van der Waals surface area contributed by atoms with Crippen LogP contribution >= 0.6 is 23.2 Å². The van der Waals surface area contributed by atoms with Crippen LogP contribution in [0.3, 0.4) is 0 Å². The van der Waals surface area contributed by atoms with E-state index in [9.17, 15) is 8.42 Å². The third kappa shape index (κ3) is 5.65. The predicted octanol–water partition coefficient (Wildman–Crippen LogP) is 5.56. The van der Waals surface area contributed by atoms with Crippen molar-refractivity contribution in [1.82, 2.24) is 0 Å². The third-order valence-corrected chi connectivity index (χ3v) is 7.95. The summed E-state index contributed by atoms with van der Waals surface area (Å²) in [6.07, 6.45) is 6.41. The van der Waals surface area contributed by atoms with E-state index in [4.69, 9.17) is 23.2 Å². The highest BCUT2D eigenvalue weighted by molar-refractivity contribution is 7.91. The van der Waals surface area contributed by atoms with E-state index >= 15 is 0 Å². The lowest BCUT2D eigenvalue weighted by Gasteiger charge is -2.29. The Kier molecular flexibility index (Phi) is 6.82. The van der Waals surface area contributed by atoms with Gasteiger partial charge in [0.05, 0.1) is 11.0 Å². The van der Waals surface area contributed by atoms with E-state index in [1.807, 2.05) is 12.1 Å². The summed E-state index contributed by atoms with van der Waals surface area (Å²) in [5.41, 5.74) is 1.15. The SMILES string of the molecule is CC(C)S(=O)(=O)CC1CCC(CCc2ccc(Cl)cc2Cl)CC1. The Bertz CT molecular complexity index is 618. The molecule has 1 fully saturated rings. The summed E-state index contributed by atoms with van der Waals surface area (Å²) in [5, 5.41) is 1.16. The average molecular weight is 377 g/mol. The molecule has 23 heavy (non-hydrogen) atoms. The van der Waals surface area contributed by atoms with Crippen LogP contribution in [0.15, 0.2) is 18.2 Å². The second kappa shape index (κ2) is 8.22. The van der Waals surface area contributed by atoms with Gasteiger partial charge in [-0.15, -0.1) is 0 Å². The fraction of sp³-hybridized carbons (Fsp3) is 0.667. The second-order valence-electron chi connectivity index (χ2n) is 7.04. The Hall–Kier alpha value is -0.250. The number of rotatable bonds is 6. The van der Waals surface area contributed by atoms with Crippen molar-refractivity contribution in [2.24, 2.45) is 11.8 Å². The standard InChI is InChI=1S/C18H26Cl2O2S/c1-13(2)23(21,22)12-15-5-3-14(4-6-15)7-8-16-9-10-17(19)11-18(16)20/h9-11,13-15H,3-8,12H2,1-2H3. The predicted molar refractivity (Wildman–Crippen MR) is 99.2 cm³/mol. The van der Waals surface area contributed by atoms with E-state index in [1.54, 1.807) is 19.9 Å². The van der Waals surface area contributed by atoms with Gasteiger partial charge >= 0.3 is 0 Å². The van der Waals surface area contributed by atoms with E-state index < -0.39 is 9.84 Å². The van der Waals surface area contributed by atoms with Crippen LogP contribution in [-0.2, 0) is 16.3 Å². The van der Waals surface area contributed by atoms with Crippen LogP contribution in [0.1, 0.15) is 51.5 Å². The zero-order chi connectivity index (χ0) is 17.0. The molecular weight excluding hydrogens is 351 g/mol. The molecule has 0 radical (unpaired) electrons. The molecule has 0 N–H and O–H groups in total. The molecule has 0 aromatic heterocycles. The quantitative estimate of drug-likeness (QED) is 0.651. The van der Waals surface area contributed by atoms with Crippen LogP contribution in [0.4, 0.5) is 0 Å². The number of halogens is 2. The molecule has 1 aliphatic rings. The van der Waals surface area contributed by atoms with Gasteiger partial charge in [0.25, 0.3) is 0 Å². The van der Waals surface area contributed by atoms with Gasteiger partial charge in [-0.1, -0.05) is 42.1 Å². The molecule has 0 bridgehead atoms. The number of sulfone groups is 1. The van der Waals surface area contributed by atoms with E-state index in [1.165, 1.54) is 0 Å². The number of hydrogen-bond donors (Lipinski definition) is 0. The molecule has 0 aliphatic heterocycles. The van der Waals surface area contributed by atoms with Gasteiger partial charge in [-0.25, -0.2) is 8.42 Å². The smallest absolute Gasteiger partial charge is 0.152 e. The zero-order valence-electron chi connectivity index (χ0n) is 13.9. The summed E-state index contributed by atoms with van der Waals surface area (Å²) in [5.74, 6) is 1.39. The Morgan fingerprint density at radius 2 is 1.70 bits per heavy atom. The van der Waals surface area contributed by atoms with Crippen molar-refractivity contribution in [3.63, 3.8) is 0 Å². The molecule has 2 rings (SSSR count). The fourth-order valence-corrected chi connectivity index (χ4v) is 5.17. The summed E-state index contributed by atoms with van der Waals surface area (Å²) < 4.78 is 24.1. The molecule has 1 saturated carbocycles. The van der Waals surface area contributed by atoms with Gasteiger partial charge in [-0.05, 0) is 69.1 Å². The molecular formula is C18H26Cl2O2S. The van der Waals surface area contributed by atoms with E-state index in [0.29, 0.717) is 22.6 Å². The first-order valence-electron chi connectivity index (χ1n) is 8.43. The molecule has 0 heterocycles. The van der Waals surface area contributed by atoms with Crippen molar-refractivity contribution < 1.29 is 8.42 Å². The Balaban J connectivity index is 1.79. The van der Waals surface area contributed by atoms with Gasteiger partial charge in [0, 0.05) is 10.0 Å². The maximum atomic E-state index is 12.0. The summed E-state index contributed by atoms with van der Waals surface area (Å²) in [7, 11) is -2.91. The van der Waals surface area contributed by atoms with Gasteiger partial charge < -0.3 is 0 Å². The molecule has 5 heteroatoms. The first-order chi connectivity index (χ1) is 10.8. The van der Waals surface area contributed by atoms with Gasteiger partial charge in [-0.3, -0.25) is 0 Å². The minimum Gasteiger partial charge on any atom is -0.229 e. The molecule has 0 atom stereocenters. The van der Waals surface area contributed by atoms with Gasteiger partial charge in [0.15, 0.2) is 9.84 Å². The minimum absolute atomic E-state index is 0.257. The van der Waals surface area contributed by atoms with Crippen molar-refractivity contribution in [3.05, 3.63) is 33.8 Å². The Morgan fingerprint density at radius 1 is 1.09 bits per heavy atom. The van der Waals surface area contributed by atoms with Gasteiger partial charge in [0.1, 0.15) is 0 Å². The molecule has 1 aliphatic carbocycles. The van der Waals surface area contributed by atoms with Crippen molar-refractivity contribution in [2.45, 2.75) is 57.6 Å². The lowest BCUT2D eigenvalue weighted by Crippen LogP contribution is -2.26. The van der Waals surface area contributed by atoms with E-state index in [2.05, 4.69) is 0 Å². The normalized spacial score (nSPS) is 22.5. The van der Waals surface area contributed by atoms with E-state index in [-0.39, 0.29) is 5.25 Å². The second-order valence-corrected chi connectivity index (χ2v) is 10.5. The van der Waals surface area contributed by atoms with E-state index in [0.717, 1.165) is 49.1 Å². The molecule has 0 unspecified atom stereocenters. The van der Waals surface area contributed by atoms with Crippen molar-refractivity contribution in [2.75, 3.05) is 5.75 Å². The summed E-state index contributed by atoms with van der Waals surface area (Å²) in [6, 6.07) is 5.69. The van der Waals surface area contributed by atoms with Crippen molar-refractivity contribution >= 4 is 33.0 Å². The number of benzene rings is 1. The fourth-order valence-electron chi connectivity index (χ4n) is 3.29. The van der Waals surface area contributed by atoms with Crippen LogP contribution in [0.2, 0.25) is 10.0 Å². The lowest BCUT2D eigenvalue weighted by atomic mass is 9.80. The Morgan fingerprint density at radius 3 is 2.26 bits per heavy atom. The molecule has 0 saturated heterocycles. The lowest BCUT2D eigenvalue weighted by molar-refractivity contribution is 0.278. The number of hydrogen-bond acceptors (Lipinski definition) is 2. The number of aryl methyl sites for hydroxylation is 1. The monoisotopic (exact) mass is 376 g/mol. The van der Waals surface area contributed by atoms with Crippen LogP contribution in [-0.4, -0.2) is 19.4 Å². The molecule has 1 aromatic rings. The summed E-state index contributed by atoms with van der Waals surface area (Å²) in [6.45, 7) is 3.55. The van der Waals surface area contributed by atoms with Crippen molar-refractivity contribution in [3.8, 4) is 0 Å². The topological polar surface area (TPSA) is 34.1 Å². The molecule has 2 nitrogen and oxygen atoms in total. The molecule has 1 aromatic carbocycles. The summed E-state index contributed by atoms with van der Waals surface area (Å²) >= 11 is 12.1. The molecule has 0 amide bonds. The largest absolute Gasteiger partial charge is 0.229 e. The first kappa shape index (κ1) is 19.1. The Labute approximate surface area is 150 Å². The van der Waals surface area contributed by atoms with Crippen LogP contribution in [0, 0.1) is 11.8 Å². The maximum Gasteiger partial charge on any atom is 0.152 e. The van der Waals surface area contributed by atoms with Crippen LogP contribution in [0.25, 0.3) is 0 Å². The minimum atomic E-state index is -2.91. The highest BCUT2D eigenvalue weighted by Gasteiger charge is 2.27. The highest BCUT2D eigenvalue weighted by atomic mass is 35.5. The third-order valence-electron chi connectivity index (χ3n) is 4.99. The van der Waals surface area contributed by atoms with Crippen LogP contribution in [0.5, 0.6) is 0 Å². The summed E-state index contributed by atoms with van der Waals surface area (Å²) in [4.78, 5) is 0. The average Bonchev–Trinajstić information content (AvgIpc) is 2.47. The zero-order valence-corrected chi connectivity index (χ0v) is 16.2. The highest BCUT2D eigenvalue weighted by Crippen LogP contribution is 2.33. The van der Waals surface area contributed by atoms with Gasteiger partial charge in [-0.2, -0.15) is 0 Å². The van der Waals surface area contributed by atoms with Crippen molar-refractivity contribution in [1.29, 1.82) is 0 Å². The molecule has 0 spiro atoms. The molecule has 130 valence electrons. The maximum absolute atomic E-state index is 12.0. The van der Waals surface area contributed by atoms with Gasteiger partial charge in [0.2, 0.25) is 0 Å². The first-order valence-corrected chi connectivity index (χ1v) is 10.9. The van der Waals surface area contributed by atoms with Crippen LogP contribution < -0.4 is 0 Å².